The van der Waals surface area contributed by atoms with Crippen molar-refractivity contribution < 1.29 is 23.9 Å². The molecule has 0 fully saturated rings. The molecule has 4 rings (SSSR count). The third-order valence-corrected chi connectivity index (χ3v) is 4.91. The standard InChI is InChI=1S/C21H16FN3O4/c1-11-18-16(19(27)12-2-6-14(22)7-3-12)10-17(26)23-20(18)25(24-11)15-8-4-13(5-9-15)21(28)29/h2-9,16H,10H2,1H3,(H,23,26)(H,28,29). The van der Waals surface area contributed by atoms with Crippen LogP contribution in [0.15, 0.2) is 48.5 Å². The smallest absolute Gasteiger partial charge is 0.335 e. The maximum atomic E-state index is 13.2. The molecule has 29 heavy (non-hydrogen) atoms. The SMILES string of the molecule is Cc1nn(-c2ccc(C(=O)O)cc2)c2c1C(C(=O)c1ccc(F)cc1)CC(=O)N2. The number of carbonyl (C=O) groups excluding carboxylic acids is 2. The van der Waals surface area contributed by atoms with Gasteiger partial charge in [0.2, 0.25) is 5.91 Å². The van der Waals surface area contributed by atoms with E-state index in [-0.39, 0.29) is 23.7 Å². The molecule has 0 aliphatic carbocycles. The van der Waals surface area contributed by atoms with E-state index in [2.05, 4.69) is 10.4 Å². The number of aryl methyl sites for hydroxylation is 1. The minimum Gasteiger partial charge on any atom is -0.478 e. The number of benzene rings is 2. The fourth-order valence-corrected chi connectivity index (χ4v) is 3.52. The Morgan fingerprint density at radius 2 is 1.72 bits per heavy atom. The lowest BCUT2D eigenvalue weighted by molar-refractivity contribution is -0.116. The quantitative estimate of drug-likeness (QED) is 0.662. The lowest BCUT2D eigenvalue weighted by Crippen LogP contribution is -2.28. The van der Waals surface area contributed by atoms with Crippen molar-refractivity contribution in [1.82, 2.24) is 9.78 Å². The van der Waals surface area contributed by atoms with Crippen molar-refractivity contribution in [1.29, 1.82) is 0 Å². The summed E-state index contributed by atoms with van der Waals surface area (Å²) < 4.78 is 14.7. The minimum atomic E-state index is -1.05. The third kappa shape index (κ3) is 3.29. The van der Waals surface area contributed by atoms with Crippen LogP contribution in [0, 0.1) is 12.7 Å². The van der Waals surface area contributed by atoms with Gasteiger partial charge in [0.25, 0.3) is 0 Å². The monoisotopic (exact) mass is 393 g/mol. The second kappa shape index (κ2) is 6.97. The van der Waals surface area contributed by atoms with E-state index in [1.54, 1.807) is 19.1 Å². The van der Waals surface area contributed by atoms with Crippen molar-refractivity contribution in [3.63, 3.8) is 0 Å². The fraction of sp³-hybridized carbons (Fsp3) is 0.143. The molecular formula is C21H16FN3O4. The van der Waals surface area contributed by atoms with Gasteiger partial charge in [0.05, 0.1) is 22.9 Å². The van der Waals surface area contributed by atoms with Crippen molar-refractivity contribution in [2.24, 2.45) is 0 Å². The second-order valence-corrected chi connectivity index (χ2v) is 6.79. The highest BCUT2D eigenvalue weighted by Crippen LogP contribution is 2.38. The molecule has 1 aliphatic rings. The Morgan fingerprint density at radius 1 is 1.10 bits per heavy atom. The Balaban J connectivity index is 1.78. The number of nitrogens with one attached hydrogen (secondary N) is 1. The molecule has 0 bridgehead atoms. The van der Waals surface area contributed by atoms with Crippen LogP contribution in [0.1, 0.15) is 44.3 Å². The highest BCUT2D eigenvalue weighted by atomic mass is 19.1. The van der Waals surface area contributed by atoms with Gasteiger partial charge in [-0.1, -0.05) is 0 Å². The summed E-state index contributed by atoms with van der Waals surface area (Å²) in [5.41, 5.74) is 2.16. The number of fused-ring (bicyclic) bond motifs is 1. The molecular weight excluding hydrogens is 377 g/mol. The number of nitrogens with zero attached hydrogens (tertiary/aromatic N) is 2. The van der Waals surface area contributed by atoms with Crippen LogP contribution in [0.25, 0.3) is 5.69 Å². The number of anilines is 1. The predicted molar refractivity (Wildman–Crippen MR) is 102 cm³/mol. The number of Topliss-reactive ketones (excluding diaryl/α,β-unsaturated/α-hetero) is 1. The lowest BCUT2D eigenvalue weighted by Gasteiger charge is -2.23. The van der Waals surface area contributed by atoms with Crippen LogP contribution in [0.2, 0.25) is 0 Å². The summed E-state index contributed by atoms with van der Waals surface area (Å²) >= 11 is 0. The van der Waals surface area contributed by atoms with Crippen molar-refractivity contribution in [2.75, 3.05) is 5.32 Å². The van der Waals surface area contributed by atoms with Gasteiger partial charge in [-0.25, -0.2) is 13.9 Å². The summed E-state index contributed by atoms with van der Waals surface area (Å²) in [6.07, 6.45) is -0.0340. The second-order valence-electron chi connectivity index (χ2n) is 6.79. The van der Waals surface area contributed by atoms with Crippen LogP contribution < -0.4 is 5.32 Å². The molecule has 0 saturated heterocycles. The maximum Gasteiger partial charge on any atom is 0.335 e. The summed E-state index contributed by atoms with van der Waals surface area (Å²) in [5.74, 6) is -2.48. The lowest BCUT2D eigenvalue weighted by atomic mass is 9.85. The van der Waals surface area contributed by atoms with Gasteiger partial charge in [0, 0.05) is 17.5 Å². The van der Waals surface area contributed by atoms with Crippen LogP contribution in [-0.4, -0.2) is 32.5 Å². The van der Waals surface area contributed by atoms with Crippen LogP contribution in [-0.2, 0) is 4.79 Å². The Hall–Kier alpha value is -3.81. The average molecular weight is 393 g/mol. The number of ketones is 1. The van der Waals surface area contributed by atoms with Crippen molar-refractivity contribution in [3.8, 4) is 5.69 Å². The molecule has 7 nitrogen and oxygen atoms in total. The Morgan fingerprint density at radius 3 is 2.34 bits per heavy atom. The van der Waals surface area contributed by atoms with Crippen LogP contribution in [0.5, 0.6) is 0 Å². The van der Waals surface area contributed by atoms with E-state index in [9.17, 15) is 18.8 Å². The van der Waals surface area contributed by atoms with E-state index >= 15 is 0 Å². The number of carbonyl (C=O) groups is 3. The van der Waals surface area contributed by atoms with Crippen molar-refractivity contribution in [3.05, 3.63) is 76.7 Å². The highest BCUT2D eigenvalue weighted by Gasteiger charge is 2.36. The Bertz CT molecular complexity index is 1130. The summed E-state index contributed by atoms with van der Waals surface area (Å²) in [7, 11) is 0. The first kappa shape index (κ1) is 18.5. The van der Waals surface area contributed by atoms with Gasteiger partial charge >= 0.3 is 5.97 Å². The number of hydrogen-bond acceptors (Lipinski definition) is 4. The largest absolute Gasteiger partial charge is 0.478 e. The molecule has 0 radical (unpaired) electrons. The normalized spacial score (nSPS) is 15.5. The number of aromatic nitrogens is 2. The number of amides is 1. The number of hydrogen-bond donors (Lipinski definition) is 2. The molecule has 2 aromatic carbocycles. The maximum absolute atomic E-state index is 13.2. The molecule has 146 valence electrons. The first-order valence-corrected chi connectivity index (χ1v) is 8.88. The fourth-order valence-electron chi connectivity index (χ4n) is 3.52. The van der Waals surface area contributed by atoms with Gasteiger partial charge in [-0.15, -0.1) is 0 Å². The molecule has 0 spiro atoms. The third-order valence-electron chi connectivity index (χ3n) is 4.91. The molecule has 1 aromatic heterocycles. The zero-order valence-electron chi connectivity index (χ0n) is 15.3. The van der Waals surface area contributed by atoms with Gasteiger partial charge in [0.15, 0.2) is 5.78 Å². The molecule has 2 heterocycles. The molecule has 1 atom stereocenters. The van der Waals surface area contributed by atoms with E-state index in [0.717, 1.165) is 0 Å². The Kier molecular flexibility index (Phi) is 4.46. The van der Waals surface area contributed by atoms with Crippen molar-refractivity contribution >= 4 is 23.5 Å². The summed E-state index contributed by atoms with van der Waals surface area (Å²) in [4.78, 5) is 36.4. The number of aromatic carboxylic acids is 1. The summed E-state index contributed by atoms with van der Waals surface area (Å²) in [6, 6.07) is 11.2. The van der Waals surface area contributed by atoms with E-state index in [4.69, 9.17) is 5.11 Å². The zero-order chi connectivity index (χ0) is 20.7. The average Bonchev–Trinajstić information content (AvgIpc) is 3.03. The van der Waals surface area contributed by atoms with Gasteiger partial charge in [-0.05, 0) is 55.5 Å². The van der Waals surface area contributed by atoms with E-state index in [1.165, 1.54) is 41.1 Å². The first-order chi connectivity index (χ1) is 13.8. The highest BCUT2D eigenvalue weighted by molar-refractivity contribution is 6.08. The molecule has 8 heteroatoms. The molecule has 2 N–H and O–H groups in total. The van der Waals surface area contributed by atoms with Crippen LogP contribution in [0.3, 0.4) is 0 Å². The van der Waals surface area contributed by atoms with E-state index < -0.39 is 17.7 Å². The van der Waals surface area contributed by atoms with Gasteiger partial charge < -0.3 is 10.4 Å². The summed E-state index contributed by atoms with van der Waals surface area (Å²) in [5, 5.41) is 16.3. The molecule has 3 aromatic rings. The predicted octanol–water partition coefficient (Wildman–Crippen LogP) is 3.33. The number of carboxylic acids is 1. The van der Waals surface area contributed by atoms with Crippen LogP contribution in [0.4, 0.5) is 10.2 Å². The Labute approximate surface area is 164 Å². The molecule has 0 saturated carbocycles. The van der Waals surface area contributed by atoms with E-state index in [0.29, 0.717) is 28.3 Å². The first-order valence-electron chi connectivity index (χ1n) is 8.88. The van der Waals surface area contributed by atoms with Gasteiger partial charge in [-0.2, -0.15) is 5.10 Å². The summed E-state index contributed by atoms with van der Waals surface area (Å²) in [6.45, 7) is 1.74. The van der Waals surface area contributed by atoms with E-state index in [1.807, 2.05) is 0 Å². The van der Waals surface area contributed by atoms with Crippen LogP contribution >= 0.6 is 0 Å². The number of carboxylic acid groups (broad SMARTS) is 1. The van der Waals surface area contributed by atoms with Gasteiger partial charge in [-0.3, -0.25) is 9.59 Å². The van der Waals surface area contributed by atoms with Gasteiger partial charge in [0.1, 0.15) is 11.6 Å². The number of rotatable bonds is 4. The minimum absolute atomic E-state index is 0.0340. The van der Waals surface area contributed by atoms with Crippen molar-refractivity contribution in [2.45, 2.75) is 19.3 Å². The molecule has 1 unspecified atom stereocenters. The molecule has 1 aliphatic heterocycles. The number of halogens is 1. The molecule has 1 amide bonds. The zero-order valence-corrected chi connectivity index (χ0v) is 15.3. The topological polar surface area (TPSA) is 101 Å².